The minimum Gasteiger partial charge on any atom is -0.481 e. The highest BCUT2D eigenvalue weighted by Gasteiger charge is 2.35. The summed E-state index contributed by atoms with van der Waals surface area (Å²) in [5.74, 6) is -2.04. The quantitative estimate of drug-likeness (QED) is 0.689. The van der Waals surface area contributed by atoms with Gasteiger partial charge in [-0.15, -0.1) is 0 Å². The first-order chi connectivity index (χ1) is 8.41. The largest absolute Gasteiger partial charge is 0.481 e. The lowest BCUT2D eigenvalue weighted by atomic mass is 9.78. The molecule has 1 rings (SSSR count). The summed E-state index contributed by atoms with van der Waals surface area (Å²) in [5.41, 5.74) is 0. The molecule has 1 amide bonds. The van der Waals surface area contributed by atoms with Crippen LogP contribution in [0.3, 0.4) is 0 Å². The van der Waals surface area contributed by atoms with Crippen LogP contribution < -0.4 is 5.32 Å². The third kappa shape index (κ3) is 4.29. The van der Waals surface area contributed by atoms with Gasteiger partial charge in [0.2, 0.25) is 5.91 Å². The first kappa shape index (κ1) is 15.0. The smallest absolute Gasteiger partial charge is 0.307 e. The van der Waals surface area contributed by atoms with Crippen molar-refractivity contribution in [2.24, 2.45) is 11.8 Å². The van der Waals surface area contributed by atoms with E-state index in [4.69, 9.17) is 5.11 Å². The molecule has 3 N–H and O–H groups in total. The summed E-state index contributed by atoms with van der Waals surface area (Å²) in [4.78, 5) is 23.2. The van der Waals surface area contributed by atoms with Gasteiger partial charge in [-0.1, -0.05) is 12.8 Å². The lowest BCUT2D eigenvalue weighted by Crippen LogP contribution is -2.43. The van der Waals surface area contributed by atoms with Crippen LogP contribution in [0.25, 0.3) is 0 Å². The molecule has 0 aromatic rings. The van der Waals surface area contributed by atoms with Crippen molar-refractivity contribution in [1.82, 2.24) is 5.32 Å². The fourth-order valence-electron chi connectivity index (χ4n) is 2.66. The fourth-order valence-corrected chi connectivity index (χ4v) is 2.66. The normalized spacial score (nSPS) is 27.3. The molecule has 0 aromatic carbocycles. The Morgan fingerprint density at radius 3 is 2.28 bits per heavy atom. The Kier molecular flexibility index (Phi) is 5.59. The highest BCUT2D eigenvalue weighted by Crippen LogP contribution is 2.30. The number of rotatable bonds is 5. The molecule has 104 valence electrons. The van der Waals surface area contributed by atoms with Crippen LogP contribution >= 0.6 is 0 Å². The lowest BCUT2D eigenvalue weighted by Gasteiger charge is -2.28. The van der Waals surface area contributed by atoms with Crippen molar-refractivity contribution >= 4 is 11.9 Å². The maximum atomic E-state index is 12.0. The van der Waals surface area contributed by atoms with Crippen LogP contribution in [0.5, 0.6) is 0 Å². The number of aliphatic hydroxyl groups excluding tert-OH is 1. The summed E-state index contributed by atoms with van der Waals surface area (Å²) in [7, 11) is 0. The molecular weight excluding hydrogens is 234 g/mol. The van der Waals surface area contributed by atoms with Gasteiger partial charge >= 0.3 is 5.97 Å². The van der Waals surface area contributed by atoms with E-state index in [1.165, 1.54) is 0 Å². The highest BCUT2D eigenvalue weighted by atomic mass is 16.4. The number of aliphatic hydroxyl groups is 1. The van der Waals surface area contributed by atoms with Gasteiger partial charge in [0.1, 0.15) is 0 Å². The molecular formula is C13H23NO4. The van der Waals surface area contributed by atoms with Crippen LogP contribution in [0.2, 0.25) is 0 Å². The van der Waals surface area contributed by atoms with Crippen molar-refractivity contribution in [2.75, 3.05) is 0 Å². The van der Waals surface area contributed by atoms with Gasteiger partial charge in [-0.05, 0) is 33.1 Å². The number of aliphatic carboxylic acids is 1. The lowest BCUT2D eigenvalue weighted by molar-refractivity contribution is -0.149. The summed E-state index contributed by atoms with van der Waals surface area (Å²) in [6.07, 6.45) is 3.02. The number of carbonyl (C=O) groups is 2. The van der Waals surface area contributed by atoms with Crippen LogP contribution in [0.4, 0.5) is 0 Å². The average molecular weight is 257 g/mol. The van der Waals surface area contributed by atoms with E-state index in [0.717, 1.165) is 12.8 Å². The summed E-state index contributed by atoms with van der Waals surface area (Å²) >= 11 is 0. The third-order valence-corrected chi connectivity index (χ3v) is 3.50. The second kappa shape index (κ2) is 6.73. The van der Waals surface area contributed by atoms with Gasteiger partial charge in [-0.3, -0.25) is 9.59 Å². The van der Waals surface area contributed by atoms with Crippen LogP contribution in [-0.2, 0) is 9.59 Å². The number of carboxylic acids is 1. The third-order valence-electron chi connectivity index (χ3n) is 3.50. The minimum absolute atomic E-state index is 0.131. The Bertz CT molecular complexity index is 303. The fraction of sp³-hybridized carbons (Fsp3) is 0.846. The van der Waals surface area contributed by atoms with Crippen molar-refractivity contribution in [3.63, 3.8) is 0 Å². The Balaban J connectivity index is 2.55. The SMILES string of the molecule is CC(O)CC(C)NC(=O)C1CCCCC1C(=O)O. The maximum Gasteiger partial charge on any atom is 0.307 e. The Morgan fingerprint density at radius 2 is 1.78 bits per heavy atom. The van der Waals surface area contributed by atoms with Gasteiger partial charge < -0.3 is 15.5 Å². The molecule has 18 heavy (non-hydrogen) atoms. The number of carboxylic acid groups (broad SMARTS) is 1. The van der Waals surface area contributed by atoms with Gasteiger partial charge in [0, 0.05) is 6.04 Å². The summed E-state index contributed by atoms with van der Waals surface area (Å²) in [6.45, 7) is 3.49. The molecule has 5 heteroatoms. The first-order valence-electron chi connectivity index (χ1n) is 6.63. The molecule has 0 heterocycles. The molecule has 4 unspecified atom stereocenters. The number of carbonyl (C=O) groups excluding carboxylic acids is 1. The van der Waals surface area contributed by atoms with E-state index in [2.05, 4.69) is 5.32 Å². The Hall–Kier alpha value is -1.10. The number of hydrogen-bond acceptors (Lipinski definition) is 3. The topological polar surface area (TPSA) is 86.6 Å². The van der Waals surface area contributed by atoms with Gasteiger partial charge in [0.05, 0.1) is 17.9 Å². The molecule has 1 fully saturated rings. The average Bonchev–Trinajstić information content (AvgIpc) is 2.27. The summed E-state index contributed by atoms with van der Waals surface area (Å²) in [6, 6.07) is -0.131. The number of amides is 1. The van der Waals surface area contributed by atoms with Crippen molar-refractivity contribution in [3.8, 4) is 0 Å². The van der Waals surface area contributed by atoms with Crippen molar-refractivity contribution in [1.29, 1.82) is 0 Å². The van der Waals surface area contributed by atoms with E-state index in [0.29, 0.717) is 19.3 Å². The first-order valence-corrected chi connectivity index (χ1v) is 6.63. The predicted octanol–water partition coefficient (Wildman–Crippen LogP) is 1.15. The van der Waals surface area contributed by atoms with Crippen molar-refractivity contribution in [2.45, 2.75) is 58.1 Å². The molecule has 0 aromatic heterocycles. The van der Waals surface area contributed by atoms with Crippen LogP contribution in [-0.4, -0.2) is 34.2 Å². The van der Waals surface area contributed by atoms with E-state index >= 15 is 0 Å². The van der Waals surface area contributed by atoms with Gasteiger partial charge in [-0.25, -0.2) is 0 Å². The number of nitrogens with one attached hydrogen (secondary N) is 1. The Labute approximate surface area is 108 Å². The maximum absolute atomic E-state index is 12.0. The molecule has 1 aliphatic rings. The monoisotopic (exact) mass is 257 g/mol. The zero-order valence-corrected chi connectivity index (χ0v) is 11.1. The van der Waals surface area contributed by atoms with Crippen LogP contribution in [0.1, 0.15) is 46.0 Å². The zero-order valence-electron chi connectivity index (χ0n) is 11.1. The van der Waals surface area contributed by atoms with Gasteiger partial charge in [0.15, 0.2) is 0 Å². The van der Waals surface area contributed by atoms with E-state index in [9.17, 15) is 14.7 Å². The van der Waals surface area contributed by atoms with E-state index in [1.54, 1.807) is 6.92 Å². The van der Waals surface area contributed by atoms with Crippen LogP contribution in [0, 0.1) is 11.8 Å². The van der Waals surface area contributed by atoms with Gasteiger partial charge in [-0.2, -0.15) is 0 Å². The molecule has 4 atom stereocenters. The zero-order chi connectivity index (χ0) is 13.7. The molecule has 0 bridgehead atoms. The minimum atomic E-state index is -0.877. The van der Waals surface area contributed by atoms with Crippen molar-refractivity contribution < 1.29 is 19.8 Å². The molecule has 1 aliphatic carbocycles. The van der Waals surface area contributed by atoms with Gasteiger partial charge in [0.25, 0.3) is 0 Å². The Morgan fingerprint density at radius 1 is 1.22 bits per heavy atom. The standard InChI is InChI=1S/C13H23NO4/c1-8(7-9(2)15)14-12(16)10-5-3-4-6-11(10)13(17)18/h8-11,15H,3-7H2,1-2H3,(H,14,16)(H,17,18). The second-order valence-electron chi connectivity index (χ2n) is 5.33. The molecule has 0 spiro atoms. The van der Waals surface area contributed by atoms with E-state index in [-0.39, 0.29) is 11.9 Å². The van der Waals surface area contributed by atoms with E-state index in [1.807, 2.05) is 6.92 Å². The highest BCUT2D eigenvalue weighted by molar-refractivity contribution is 5.85. The number of hydrogen-bond donors (Lipinski definition) is 3. The van der Waals surface area contributed by atoms with E-state index < -0.39 is 23.9 Å². The van der Waals surface area contributed by atoms with Crippen LogP contribution in [0.15, 0.2) is 0 Å². The molecule has 0 radical (unpaired) electrons. The molecule has 0 saturated heterocycles. The molecule has 5 nitrogen and oxygen atoms in total. The predicted molar refractivity (Wildman–Crippen MR) is 67.0 cm³/mol. The molecule has 0 aliphatic heterocycles. The second-order valence-corrected chi connectivity index (χ2v) is 5.33. The summed E-state index contributed by atoms with van der Waals surface area (Å²) in [5, 5.41) is 21.2. The molecule has 1 saturated carbocycles. The van der Waals surface area contributed by atoms with Crippen molar-refractivity contribution in [3.05, 3.63) is 0 Å². The summed E-state index contributed by atoms with van der Waals surface area (Å²) < 4.78 is 0.